The molecule has 2 amide bonds. The molecule has 0 aliphatic carbocycles. The first kappa shape index (κ1) is 38.4. The number of amides is 2. The third kappa shape index (κ3) is 8.28. The first-order chi connectivity index (χ1) is 24.7. The van der Waals surface area contributed by atoms with Gasteiger partial charge in [-0.05, 0) is 85.0 Å². The van der Waals surface area contributed by atoms with E-state index in [0.29, 0.717) is 51.3 Å². The van der Waals surface area contributed by atoms with Gasteiger partial charge >= 0.3 is 0 Å². The lowest BCUT2D eigenvalue weighted by molar-refractivity contribution is -0.123. The molecule has 1 N–H and O–H groups in total. The first-order valence-corrected chi connectivity index (χ1v) is 18.3. The van der Waals surface area contributed by atoms with Crippen LogP contribution >= 0.6 is 11.6 Å². The normalized spacial score (nSPS) is 15.3. The molecule has 0 radical (unpaired) electrons. The first-order valence-electron chi connectivity index (χ1n) is 17.9. The number of nitrogens with zero attached hydrogens (tertiary/aromatic N) is 2. The number of rotatable bonds is 14. The smallest absolute Gasteiger partial charge is 0.294 e. The number of benzene rings is 4. The summed E-state index contributed by atoms with van der Waals surface area (Å²) in [6.07, 6.45) is 0.420. The van der Waals surface area contributed by atoms with Gasteiger partial charge < -0.3 is 19.5 Å². The summed E-state index contributed by atoms with van der Waals surface area (Å²) >= 11 is 6.20. The van der Waals surface area contributed by atoms with E-state index < -0.39 is 18.1 Å². The zero-order valence-corrected chi connectivity index (χ0v) is 32.4. The minimum absolute atomic E-state index is 0.00546. The molecule has 0 bridgehead atoms. The summed E-state index contributed by atoms with van der Waals surface area (Å²) in [5.41, 5.74) is 4.95. The monoisotopic (exact) mass is 723 g/mol. The zero-order valence-electron chi connectivity index (χ0n) is 31.7. The lowest BCUT2D eigenvalue weighted by Gasteiger charge is -2.31. The summed E-state index contributed by atoms with van der Waals surface area (Å²) in [6.45, 7) is 17.1. The van der Waals surface area contributed by atoms with Crippen molar-refractivity contribution in [2.24, 2.45) is 5.10 Å². The third-order valence-electron chi connectivity index (χ3n) is 10.2. The Balaban J connectivity index is 1.49. The number of ether oxygens (including phenoxy) is 3. The summed E-state index contributed by atoms with van der Waals surface area (Å²) in [5.74, 6) is 0.913. The number of methoxy groups -OCH3 is 1. The quantitative estimate of drug-likeness (QED) is 0.140. The van der Waals surface area contributed by atoms with Gasteiger partial charge in [-0.25, -0.2) is 0 Å². The van der Waals surface area contributed by atoms with E-state index in [1.807, 2.05) is 44.2 Å². The van der Waals surface area contributed by atoms with Gasteiger partial charge in [-0.15, -0.1) is 0 Å². The van der Waals surface area contributed by atoms with Gasteiger partial charge in [0, 0.05) is 22.2 Å². The molecule has 2 atom stereocenters. The van der Waals surface area contributed by atoms with Crippen molar-refractivity contribution < 1.29 is 23.8 Å². The predicted octanol–water partition coefficient (Wildman–Crippen LogP) is 10.0. The van der Waals surface area contributed by atoms with Gasteiger partial charge in [0.2, 0.25) is 6.10 Å². The van der Waals surface area contributed by atoms with Crippen LogP contribution in [0.1, 0.15) is 90.0 Å². The molecule has 1 heterocycles. The number of aryl methyl sites for hydroxylation is 1. The number of hydrazone groups is 1. The summed E-state index contributed by atoms with van der Waals surface area (Å²) < 4.78 is 18.4. The highest BCUT2D eigenvalue weighted by atomic mass is 35.5. The molecule has 1 aliphatic rings. The highest BCUT2D eigenvalue weighted by molar-refractivity contribution is 6.31. The number of nitrogens with one attached hydrogen (secondary N) is 1. The second kappa shape index (κ2) is 15.8. The summed E-state index contributed by atoms with van der Waals surface area (Å²) in [4.78, 5) is 28.3. The topological polar surface area (TPSA) is 89.5 Å². The van der Waals surface area contributed by atoms with Crippen LogP contribution in [0.2, 0.25) is 5.02 Å². The average molecular weight is 724 g/mol. The van der Waals surface area contributed by atoms with Crippen LogP contribution in [0.3, 0.4) is 0 Å². The highest BCUT2D eigenvalue weighted by Gasteiger charge is 2.41. The van der Waals surface area contributed by atoms with Crippen LogP contribution in [0, 0.1) is 6.92 Å². The molecule has 5 rings (SSSR count). The van der Waals surface area contributed by atoms with E-state index in [4.69, 9.17) is 30.9 Å². The van der Waals surface area contributed by atoms with Crippen molar-refractivity contribution >= 4 is 40.5 Å². The molecule has 4 aromatic rings. The SMILES string of the molecule is CCC(Oc1ccc(C(C)(C)CC)cc1C(C)(C)CC)C(=O)Nc1cc(OC)ccc1N1N=C(c2ccc(Cl)cc2)C(Oc2ccc(C)cc2)C1=O. The Morgan fingerprint density at radius 1 is 0.885 bits per heavy atom. The van der Waals surface area contributed by atoms with Gasteiger partial charge in [0.15, 0.2) is 6.10 Å². The Hall–Kier alpha value is -4.82. The van der Waals surface area contributed by atoms with Gasteiger partial charge in [0.1, 0.15) is 23.0 Å². The van der Waals surface area contributed by atoms with Crippen LogP contribution in [0.4, 0.5) is 11.4 Å². The van der Waals surface area contributed by atoms with Crippen molar-refractivity contribution in [3.8, 4) is 17.2 Å². The number of hydrogen-bond acceptors (Lipinski definition) is 6. The van der Waals surface area contributed by atoms with Crippen molar-refractivity contribution in [2.45, 2.75) is 97.7 Å². The lowest BCUT2D eigenvalue weighted by Crippen LogP contribution is -2.37. The molecular formula is C43H50ClN3O5. The predicted molar refractivity (Wildman–Crippen MR) is 210 cm³/mol. The molecule has 52 heavy (non-hydrogen) atoms. The summed E-state index contributed by atoms with van der Waals surface area (Å²) in [7, 11) is 1.54. The highest BCUT2D eigenvalue weighted by Crippen LogP contribution is 2.40. The summed E-state index contributed by atoms with van der Waals surface area (Å²) in [5, 5.41) is 9.65. The lowest BCUT2D eigenvalue weighted by atomic mass is 9.76. The average Bonchev–Trinajstić information content (AvgIpc) is 3.46. The van der Waals surface area contributed by atoms with E-state index in [9.17, 15) is 9.59 Å². The van der Waals surface area contributed by atoms with Gasteiger partial charge in [0.05, 0.1) is 18.5 Å². The molecule has 0 spiro atoms. The molecular weight excluding hydrogens is 674 g/mol. The van der Waals surface area contributed by atoms with E-state index >= 15 is 0 Å². The minimum atomic E-state index is -1.05. The van der Waals surface area contributed by atoms with Crippen LogP contribution in [-0.4, -0.2) is 36.8 Å². The molecule has 0 saturated carbocycles. The van der Waals surface area contributed by atoms with Crippen LogP contribution in [-0.2, 0) is 20.4 Å². The van der Waals surface area contributed by atoms with Crippen LogP contribution in [0.5, 0.6) is 17.2 Å². The van der Waals surface area contributed by atoms with E-state index in [0.717, 1.165) is 24.0 Å². The Morgan fingerprint density at radius 2 is 1.54 bits per heavy atom. The van der Waals surface area contributed by atoms with Crippen molar-refractivity contribution in [3.63, 3.8) is 0 Å². The van der Waals surface area contributed by atoms with E-state index in [-0.39, 0.29) is 16.7 Å². The maximum atomic E-state index is 14.2. The fraction of sp³-hybridized carbons (Fsp3) is 0.372. The molecule has 9 heteroatoms. The van der Waals surface area contributed by atoms with Crippen molar-refractivity contribution in [1.29, 1.82) is 0 Å². The van der Waals surface area contributed by atoms with Crippen LogP contribution in [0.25, 0.3) is 0 Å². The van der Waals surface area contributed by atoms with Gasteiger partial charge in [-0.3, -0.25) is 9.59 Å². The maximum Gasteiger partial charge on any atom is 0.294 e. The second-order valence-electron chi connectivity index (χ2n) is 14.5. The Kier molecular flexibility index (Phi) is 11.7. The summed E-state index contributed by atoms with van der Waals surface area (Å²) in [6, 6.07) is 26.0. The standard InChI is InChI=1S/C43H50ClN3O5/c1-10-36(52-37-24-17-29(42(5,6)11-2)25-33(37)43(7,8)12-3)40(48)45-34-26-32(50-9)22-23-35(34)47-41(49)39(51-31-20-13-27(4)14-21-31)38(46-47)28-15-18-30(44)19-16-28/h13-26,36,39H,10-12H2,1-9H3,(H,45,48). The fourth-order valence-corrected chi connectivity index (χ4v) is 6.02. The Labute approximate surface area is 313 Å². The van der Waals surface area contributed by atoms with Crippen LogP contribution < -0.4 is 24.5 Å². The number of carbonyl (C=O) groups excluding carboxylic acids is 2. The van der Waals surface area contributed by atoms with E-state index in [1.165, 1.54) is 10.6 Å². The third-order valence-corrected chi connectivity index (χ3v) is 10.4. The number of carbonyl (C=O) groups is 2. The van der Waals surface area contributed by atoms with E-state index in [1.54, 1.807) is 49.6 Å². The maximum absolute atomic E-state index is 14.2. The molecule has 274 valence electrons. The minimum Gasteiger partial charge on any atom is -0.497 e. The van der Waals surface area contributed by atoms with Crippen molar-refractivity contribution in [1.82, 2.24) is 0 Å². The zero-order chi connectivity index (χ0) is 37.8. The molecule has 2 unspecified atom stereocenters. The number of anilines is 2. The van der Waals surface area contributed by atoms with Crippen molar-refractivity contribution in [2.75, 3.05) is 17.4 Å². The van der Waals surface area contributed by atoms with Crippen molar-refractivity contribution in [3.05, 3.63) is 112 Å². The molecule has 0 saturated heterocycles. The second-order valence-corrected chi connectivity index (χ2v) is 15.0. The Bertz CT molecular complexity index is 1940. The number of halogens is 1. The van der Waals surface area contributed by atoms with Gasteiger partial charge in [-0.2, -0.15) is 10.1 Å². The molecule has 4 aromatic carbocycles. The molecule has 1 aliphatic heterocycles. The van der Waals surface area contributed by atoms with E-state index in [2.05, 4.69) is 59.0 Å². The van der Waals surface area contributed by atoms with Gasteiger partial charge in [0.25, 0.3) is 11.8 Å². The molecule has 0 aromatic heterocycles. The molecule has 8 nitrogen and oxygen atoms in total. The Morgan fingerprint density at radius 3 is 2.15 bits per heavy atom. The van der Waals surface area contributed by atoms with Gasteiger partial charge in [-0.1, -0.05) is 102 Å². The largest absolute Gasteiger partial charge is 0.497 e. The van der Waals surface area contributed by atoms with Crippen LogP contribution in [0.15, 0.2) is 90.0 Å². The number of hydrogen-bond donors (Lipinski definition) is 1. The fourth-order valence-electron chi connectivity index (χ4n) is 5.89. The molecule has 0 fully saturated rings.